The highest BCUT2D eigenvalue weighted by molar-refractivity contribution is 7.80. The summed E-state index contributed by atoms with van der Waals surface area (Å²) in [6.45, 7) is 1.83. The lowest BCUT2D eigenvalue weighted by atomic mass is 10.2. The Morgan fingerprint density at radius 1 is 1.10 bits per heavy atom. The van der Waals surface area contributed by atoms with Crippen molar-refractivity contribution in [3.8, 4) is 0 Å². The zero-order valence-electron chi connectivity index (χ0n) is 10.5. The van der Waals surface area contributed by atoms with Crippen LogP contribution in [0.5, 0.6) is 0 Å². The number of halogens is 3. The SMILES string of the molecule is Cc1ccc(F)cc1NC(=S)Nc1ccc(F)c(Cl)c1. The second-order valence-corrected chi connectivity index (χ2v) is 4.98. The zero-order chi connectivity index (χ0) is 14.7. The van der Waals surface area contributed by atoms with Gasteiger partial charge in [-0.3, -0.25) is 0 Å². The lowest BCUT2D eigenvalue weighted by molar-refractivity contribution is 0.628. The Hall–Kier alpha value is -1.72. The van der Waals surface area contributed by atoms with E-state index in [-0.39, 0.29) is 16.0 Å². The molecular weight excluding hydrogens is 302 g/mol. The molecule has 104 valence electrons. The van der Waals surface area contributed by atoms with Gasteiger partial charge in [-0.15, -0.1) is 0 Å². The molecule has 0 bridgehead atoms. The minimum Gasteiger partial charge on any atom is -0.332 e. The van der Waals surface area contributed by atoms with Crippen LogP contribution in [0.4, 0.5) is 20.2 Å². The van der Waals surface area contributed by atoms with Gasteiger partial charge in [0.05, 0.1) is 5.02 Å². The number of hydrogen-bond donors (Lipinski definition) is 2. The second-order valence-electron chi connectivity index (χ2n) is 4.17. The first-order chi connectivity index (χ1) is 9.45. The van der Waals surface area contributed by atoms with E-state index in [1.807, 2.05) is 6.92 Å². The monoisotopic (exact) mass is 312 g/mol. The molecule has 2 rings (SSSR count). The van der Waals surface area contributed by atoms with Crippen molar-refractivity contribution >= 4 is 40.3 Å². The number of hydrogen-bond acceptors (Lipinski definition) is 1. The quantitative estimate of drug-likeness (QED) is 0.784. The Morgan fingerprint density at radius 3 is 2.55 bits per heavy atom. The highest BCUT2D eigenvalue weighted by atomic mass is 35.5. The van der Waals surface area contributed by atoms with Crippen LogP contribution in [-0.2, 0) is 0 Å². The van der Waals surface area contributed by atoms with E-state index in [4.69, 9.17) is 23.8 Å². The van der Waals surface area contributed by atoms with Crippen LogP contribution >= 0.6 is 23.8 Å². The fraction of sp³-hybridized carbons (Fsp3) is 0.0714. The smallest absolute Gasteiger partial charge is 0.175 e. The van der Waals surface area contributed by atoms with Crippen LogP contribution in [0.25, 0.3) is 0 Å². The molecule has 0 unspecified atom stereocenters. The molecule has 6 heteroatoms. The molecular formula is C14H11ClF2N2S. The number of thiocarbonyl (C=S) groups is 1. The standard InChI is InChI=1S/C14H11ClF2N2S/c1-8-2-3-9(16)6-13(8)19-14(20)18-10-4-5-12(17)11(15)7-10/h2-7H,1H3,(H2,18,19,20). The Morgan fingerprint density at radius 2 is 1.85 bits per heavy atom. The lowest BCUT2D eigenvalue weighted by Crippen LogP contribution is -2.19. The van der Waals surface area contributed by atoms with Crippen LogP contribution in [-0.4, -0.2) is 5.11 Å². The van der Waals surface area contributed by atoms with Gasteiger partial charge in [0.25, 0.3) is 0 Å². The van der Waals surface area contributed by atoms with Crippen LogP contribution in [0.15, 0.2) is 36.4 Å². The second kappa shape index (κ2) is 6.15. The van der Waals surface area contributed by atoms with Gasteiger partial charge in [-0.25, -0.2) is 8.78 Å². The maximum Gasteiger partial charge on any atom is 0.175 e. The summed E-state index contributed by atoms with van der Waals surface area (Å²) in [5.41, 5.74) is 1.96. The summed E-state index contributed by atoms with van der Waals surface area (Å²) < 4.78 is 26.2. The molecule has 0 heterocycles. The van der Waals surface area contributed by atoms with Crippen LogP contribution < -0.4 is 10.6 Å². The van der Waals surface area contributed by atoms with Crippen molar-refractivity contribution in [3.63, 3.8) is 0 Å². The third kappa shape index (κ3) is 3.65. The molecule has 0 atom stereocenters. The Bertz CT molecular complexity index is 662. The van der Waals surface area contributed by atoms with Gasteiger partial charge in [0.1, 0.15) is 11.6 Å². The van der Waals surface area contributed by atoms with Crippen molar-refractivity contribution in [2.45, 2.75) is 6.92 Å². The van der Waals surface area contributed by atoms with Crippen LogP contribution in [0.2, 0.25) is 5.02 Å². The van der Waals surface area contributed by atoms with E-state index < -0.39 is 5.82 Å². The molecule has 0 spiro atoms. The molecule has 0 aromatic heterocycles. The van der Waals surface area contributed by atoms with E-state index in [1.165, 1.54) is 30.3 Å². The molecule has 0 aliphatic carbocycles. The number of benzene rings is 2. The highest BCUT2D eigenvalue weighted by Gasteiger charge is 2.05. The van der Waals surface area contributed by atoms with Crippen molar-refractivity contribution in [2.24, 2.45) is 0 Å². The minimum absolute atomic E-state index is 0.000244. The average Bonchev–Trinajstić information content (AvgIpc) is 2.38. The summed E-state index contributed by atoms with van der Waals surface area (Å²) in [5.74, 6) is -0.859. The molecule has 20 heavy (non-hydrogen) atoms. The molecule has 2 aromatic carbocycles. The van der Waals surface area contributed by atoms with Crippen molar-refractivity contribution in [1.29, 1.82) is 0 Å². The molecule has 0 saturated carbocycles. The first-order valence-corrected chi connectivity index (χ1v) is 6.53. The van der Waals surface area contributed by atoms with Gasteiger partial charge in [-0.2, -0.15) is 0 Å². The van der Waals surface area contributed by atoms with Crippen molar-refractivity contribution < 1.29 is 8.78 Å². The summed E-state index contributed by atoms with van der Waals surface area (Å²) in [4.78, 5) is 0. The predicted molar refractivity (Wildman–Crippen MR) is 82.4 cm³/mol. The van der Waals surface area contributed by atoms with E-state index in [1.54, 1.807) is 6.07 Å². The topological polar surface area (TPSA) is 24.1 Å². The predicted octanol–water partition coefficient (Wildman–Crippen LogP) is 4.74. The third-order valence-electron chi connectivity index (χ3n) is 2.63. The number of anilines is 2. The fourth-order valence-electron chi connectivity index (χ4n) is 1.59. The molecule has 2 N–H and O–H groups in total. The molecule has 2 nitrogen and oxygen atoms in total. The average molecular weight is 313 g/mol. The Kier molecular flexibility index (Phi) is 4.52. The highest BCUT2D eigenvalue weighted by Crippen LogP contribution is 2.20. The van der Waals surface area contributed by atoms with E-state index in [0.717, 1.165) is 5.56 Å². The first kappa shape index (κ1) is 14.7. The largest absolute Gasteiger partial charge is 0.332 e. The molecule has 0 fully saturated rings. The first-order valence-electron chi connectivity index (χ1n) is 5.75. The van der Waals surface area contributed by atoms with E-state index in [2.05, 4.69) is 10.6 Å². The van der Waals surface area contributed by atoms with Gasteiger partial charge in [-0.05, 0) is 55.0 Å². The summed E-state index contributed by atoms with van der Waals surface area (Å²) in [7, 11) is 0. The van der Waals surface area contributed by atoms with Gasteiger partial charge >= 0.3 is 0 Å². The number of aryl methyl sites for hydroxylation is 1. The summed E-state index contributed by atoms with van der Waals surface area (Å²) in [6, 6.07) is 8.53. The van der Waals surface area contributed by atoms with E-state index >= 15 is 0 Å². The normalized spacial score (nSPS) is 10.2. The molecule has 0 radical (unpaired) electrons. The van der Waals surface area contributed by atoms with Gasteiger partial charge in [-0.1, -0.05) is 17.7 Å². The minimum atomic E-state index is -0.503. The Labute approximate surface area is 125 Å². The number of nitrogens with one attached hydrogen (secondary N) is 2. The fourth-order valence-corrected chi connectivity index (χ4v) is 2.00. The van der Waals surface area contributed by atoms with Crippen LogP contribution in [0, 0.1) is 18.6 Å². The Balaban J connectivity index is 2.09. The zero-order valence-corrected chi connectivity index (χ0v) is 12.1. The van der Waals surface area contributed by atoms with Crippen molar-refractivity contribution in [2.75, 3.05) is 10.6 Å². The lowest BCUT2D eigenvalue weighted by Gasteiger charge is -2.13. The molecule has 0 saturated heterocycles. The van der Waals surface area contributed by atoms with Crippen LogP contribution in [0.1, 0.15) is 5.56 Å². The summed E-state index contributed by atoms with van der Waals surface area (Å²) >= 11 is 10.8. The third-order valence-corrected chi connectivity index (χ3v) is 3.12. The van der Waals surface area contributed by atoms with Gasteiger partial charge in [0.15, 0.2) is 5.11 Å². The van der Waals surface area contributed by atoms with Crippen molar-refractivity contribution in [1.82, 2.24) is 0 Å². The molecule has 2 aromatic rings. The molecule has 0 aliphatic heterocycles. The molecule has 0 aliphatic rings. The maximum absolute atomic E-state index is 13.2. The summed E-state index contributed by atoms with van der Waals surface area (Å²) in [5, 5.41) is 5.99. The van der Waals surface area contributed by atoms with Gasteiger partial charge in [0, 0.05) is 11.4 Å². The van der Waals surface area contributed by atoms with Crippen molar-refractivity contribution in [3.05, 3.63) is 58.6 Å². The molecule has 0 amide bonds. The number of rotatable bonds is 2. The van der Waals surface area contributed by atoms with Gasteiger partial charge in [0.2, 0.25) is 0 Å². The van der Waals surface area contributed by atoms with Gasteiger partial charge < -0.3 is 10.6 Å². The summed E-state index contributed by atoms with van der Waals surface area (Å²) in [6.07, 6.45) is 0. The van der Waals surface area contributed by atoms with E-state index in [0.29, 0.717) is 11.4 Å². The van der Waals surface area contributed by atoms with E-state index in [9.17, 15) is 8.78 Å². The maximum atomic E-state index is 13.2. The van der Waals surface area contributed by atoms with Crippen LogP contribution in [0.3, 0.4) is 0 Å².